The normalized spacial score (nSPS) is 11.5. The van der Waals surface area contributed by atoms with Crippen molar-refractivity contribution >= 4 is 11.4 Å². The van der Waals surface area contributed by atoms with Crippen LogP contribution in [0.5, 0.6) is 0 Å². The van der Waals surface area contributed by atoms with Crippen LogP contribution >= 0.6 is 0 Å². The van der Waals surface area contributed by atoms with Crippen LogP contribution in [-0.4, -0.2) is 10.9 Å². The van der Waals surface area contributed by atoms with Gasteiger partial charge in [0.2, 0.25) is 0 Å². The van der Waals surface area contributed by atoms with Crippen LogP contribution in [0.15, 0.2) is 53.7 Å². The van der Waals surface area contributed by atoms with E-state index in [0.29, 0.717) is 11.4 Å². The second-order valence-corrected chi connectivity index (χ2v) is 3.91. The van der Waals surface area contributed by atoms with Gasteiger partial charge in [0.15, 0.2) is 0 Å². The predicted octanol–water partition coefficient (Wildman–Crippen LogP) is 2.80. The summed E-state index contributed by atoms with van der Waals surface area (Å²) in [6.45, 7) is 1.98. The van der Waals surface area contributed by atoms with Crippen LogP contribution in [-0.2, 0) is 0 Å². The van der Waals surface area contributed by atoms with Crippen molar-refractivity contribution in [1.29, 1.82) is 0 Å². The molecule has 3 N–H and O–H groups in total. The average Bonchev–Trinajstić information content (AvgIpc) is 2.36. The molecule has 86 valence electrons. The number of anilines is 1. The zero-order valence-electron chi connectivity index (χ0n) is 9.59. The van der Waals surface area contributed by atoms with E-state index in [1.165, 1.54) is 0 Å². The number of hydrogen-bond donors (Lipinski definition) is 2. The fourth-order valence-electron chi connectivity index (χ4n) is 1.74. The van der Waals surface area contributed by atoms with Crippen molar-refractivity contribution in [2.24, 2.45) is 5.16 Å². The molecule has 0 radical (unpaired) electrons. The Morgan fingerprint density at radius 3 is 2.47 bits per heavy atom. The lowest BCUT2D eigenvalue weighted by Crippen LogP contribution is -2.07. The summed E-state index contributed by atoms with van der Waals surface area (Å²) in [6.07, 6.45) is 0. The van der Waals surface area contributed by atoms with Crippen LogP contribution < -0.4 is 5.73 Å². The van der Waals surface area contributed by atoms with E-state index in [2.05, 4.69) is 5.16 Å². The van der Waals surface area contributed by atoms with E-state index in [-0.39, 0.29) is 0 Å². The van der Waals surface area contributed by atoms with Gasteiger partial charge in [-0.25, -0.2) is 0 Å². The molecule has 0 aliphatic rings. The van der Waals surface area contributed by atoms with E-state index in [4.69, 9.17) is 5.73 Å². The first-order chi connectivity index (χ1) is 8.22. The summed E-state index contributed by atoms with van der Waals surface area (Å²) < 4.78 is 0. The molecular formula is C14H14N2O. The molecule has 3 heteroatoms. The van der Waals surface area contributed by atoms with Crippen molar-refractivity contribution in [3.63, 3.8) is 0 Å². The minimum Gasteiger partial charge on any atom is -0.410 e. The van der Waals surface area contributed by atoms with Gasteiger partial charge in [-0.3, -0.25) is 0 Å². The first-order valence-corrected chi connectivity index (χ1v) is 5.36. The van der Waals surface area contributed by atoms with Crippen LogP contribution in [0, 0.1) is 6.92 Å². The molecular weight excluding hydrogens is 212 g/mol. The molecule has 0 heterocycles. The van der Waals surface area contributed by atoms with Gasteiger partial charge in [-0.1, -0.05) is 47.1 Å². The molecule has 3 nitrogen and oxygen atoms in total. The van der Waals surface area contributed by atoms with Gasteiger partial charge in [0.05, 0.1) is 0 Å². The average molecular weight is 226 g/mol. The maximum Gasteiger partial charge on any atom is 0.119 e. The van der Waals surface area contributed by atoms with Crippen molar-refractivity contribution in [3.05, 3.63) is 65.2 Å². The van der Waals surface area contributed by atoms with Crippen LogP contribution in [0.3, 0.4) is 0 Å². The molecule has 0 unspecified atom stereocenters. The van der Waals surface area contributed by atoms with Crippen molar-refractivity contribution in [2.75, 3.05) is 5.73 Å². The molecule has 0 aliphatic carbocycles. The number of nitrogens with two attached hydrogens (primary N) is 1. The lowest BCUT2D eigenvalue weighted by atomic mass is 9.99. The molecule has 0 aromatic heterocycles. The number of oxime groups is 1. The zero-order valence-corrected chi connectivity index (χ0v) is 9.59. The maximum absolute atomic E-state index is 9.18. The summed E-state index contributed by atoms with van der Waals surface area (Å²) in [5.74, 6) is 0. The number of nitrogens with zero attached hydrogens (tertiary/aromatic N) is 1. The van der Waals surface area contributed by atoms with Crippen molar-refractivity contribution in [1.82, 2.24) is 0 Å². The SMILES string of the molecule is Cc1ccc(N)c(/C(=N\O)c2ccccc2)c1. The second kappa shape index (κ2) is 4.70. The number of benzene rings is 2. The third-order valence-corrected chi connectivity index (χ3v) is 2.61. The van der Waals surface area contributed by atoms with E-state index in [1.807, 2.05) is 55.5 Å². The zero-order chi connectivity index (χ0) is 12.3. The molecule has 0 fully saturated rings. The Morgan fingerprint density at radius 2 is 1.82 bits per heavy atom. The summed E-state index contributed by atoms with van der Waals surface area (Å²) in [5, 5.41) is 12.5. The molecule has 2 aromatic rings. The molecule has 0 saturated carbocycles. The topological polar surface area (TPSA) is 58.6 Å². The highest BCUT2D eigenvalue weighted by molar-refractivity contribution is 6.15. The molecule has 0 atom stereocenters. The molecule has 0 aliphatic heterocycles. The number of hydrogen-bond acceptors (Lipinski definition) is 3. The lowest BCUT2D eigenvalue weighted by molar-refractivity contribution is 0.319. The third-order valence-electron chi connectivity index (χ3n) is 2.61. The van der Waals surface area contributed by atoms with Gasteiger partial charge < -0.3 is 10.9 Å². The van der Waals surface area contributed by atoms with Gasteiger partial charge in [-0.2, -0.15) is 0 Å². The largest absolute Gasteiger partial charge is 0.410 e. The van der Waals surface area contributed by atoms with E-state index in [0.717, 1.165) is 16.7 Å². The Labute approximate surface area is 100 Å². The number of nitrogen functional groups attached to an aromatic ring is 1. The van der Waals surface area contributed by atoms with Crippen molar-refractivity contribution in [2.45, 2.75) is 6.92 Å². The van der Waals surface area contributed by atoms with E-state index < -0.39 is 0 Å². The van der Waals surface area contributed by atoms with Gasteiger partial charge in [0, 0.05) is 16.8 Å². The Kier molecular flexibility index (Phi) is 3.10. The number of rotatable bonds is 2. The standard InChI is InChI=1S/C14H14N2O/c1-10-7-8-13(15)12(9-10)14(16-17)11-5-3-2-4-6-11/h2-9,17H,15H2,1H3/b16-14-. The summed E-state index contributed by atoms with van der Waals surface area (Å²) in [5.41, 5.74) is 9.67. The van der Waals surface area contributed by atoms with E-state index in [9.17, 15) is 5.21 Å². The van der Waals surface area contributed by atoms with Gasteiger partial charge in [-0.05, 0) is 19.1 Å². The van der Waals surface area contributed by atoms with Gasteiger partial charge >= 0.3 is 0 Å². The molecule has 0 amide bonds. The van der Waals surface area contributed by atoms with Crippen molar-refractivity contribution < 1.29 is 5.21 Å². The van der Waals surface area contributed by atoms with Crippen LogP contribution in [0.4, 0.5) is 5.69 Å². The Balaban J connectivity index is 2.54. The predicted molar refractivity (Wildman–Crippen MR) is 69.5 cm³/mol. The monoisotopic (exact) mass is 226 g/mol. The van der Waals surface area contributed by atoms with E-state index >= 15 is 0 Å². The maximum atomic E-state index is 9.18. The molecule has 2 rings (SSSR count). The smallest absolute Gasteiger partial charge is 0.119 e. The van der Waals surface area contributed by atoms with Crippen molar-refractivity contribution in [3.8, 4) is 0 Å². The molecule has 2 aromatic carbocycles. The Hall–Kier alpha value is -2.29. The van der Waals surface area contributed by atoms with E-state index in [1.54, 1.807) is 0 Å². The quantitative estimate of drug-likeness (QED) is 0.358. The molecule has 17 heavy (non-hydrogen) atoms. The third kappa shape index (κ3) is 2.28. The summed E-state index contributed by atoms with van der Waals surface area (Å²) >= 11 is 0. The van der Waals surface area contributed by atoms with Gasteiger partial charge in [0.25, 0.3) is 0 Å². The minimum absolute atomic E-state index is 0.492. The van der Waals surface area contributed by atoms with Crippen LogP contribution in [0.1, 0.15) is 16.7 Å². The van der Waals surface area contributed by atoms with Crippen LogP contribution in [0.2, 0.25) is 0 Å². The highest BCUT2D eigenvalue weighted by Crippen LogP contribution is 2.18. The molecule has 0 saturated heterocycles. The fourth-order valence-corrected chi connectivity index (χ4v) is 1.74. The van der Waals surface area contributed by atoms with Gasteiger partial charge in [-0.15, -0.1) is 0 Å². The number of aryl methyl sites for hydroxylation is 1. The summed E-state index contributed by atoms with van der Waals surface area (Å²) in [7, 11) is 0. The highest BCUT2D eigenvalue weighted by Gasteiger charge is 2.10. The minimum atomic E-state index is 0.492. The second-order valence-electron chi connectivity index (χ2n) is 3.91. The first-order valence-electron chi connectivity index (χ1n) is 5.36. The highest BCUT2D eigenvalue weighted by atomic mass is 16.4. The fraction of sp³-hybridized carbons (Fsp3) is 0.0714. The summed E-state index contributed by atoms with van der Waals surface area (Å²) in [6, 6.07) is 15.1. The first kappa shape index (κ1) is 11.2. The Morgan fingerprint density at radius 1 is 1.12 bits per heavy atom. The summed E-state index contributed by atoms with van der Waals surface area (Å²) in [4.78, 5) is 0. The van der Waals surface area contributed by atoms with Crippen LogP contribution in [0.25, 0.3) is 0 Å². The molecule has 0 bridgehead atoms. The Bertz CT molecular complexity index is 547. The molecule has 0 spiro atoms. The lowest BCUT2D eigenvalue weighted by Gasteiger charge is -2.08. The van der Waals surface area contributed by atoms with Gasteiger partial charge in [0.1, 0.15) is 5.71 Å².